The van der Waals surface area contributed by atoms with Crippen molar-refractivity contribution < 1.29 is 20.5 Å². The Hall–Kier alpha value is 1.86. The molecule has 0 saturated heterocycles. The quantitative estimate of drug-likeness (QED) is 0.628. The molecule has 0 amide bonds. The van der Waals surface area contributed by atoms with Crippen molar-refractivity contribution in [1.82, 2.24) is 0 Å². The monoisotopic (exact) mass is 343 g/mol. The van der Waals surface area contributed by atoms with Crippen molar-refractivity contribution in [2.45, 2.75) is 0 Å². The van der Waals surface area contributed by atoms with E-state index in [2.05, 4.69) is 0 Å². The van der Waals surface area contributed by atoms with Crippen molar-refractivity contribution in [3.8, 4) is 0 Å². The van der Waals surface area contributed by atoms with Gasteiger partial charge in [0.2, 0.25) is 0 Å². The second-order valence-corrected chi connectivity index (χ2v) is 14.7. The molecule has 0 aromatic carbocycles. The summed E-state index contributed by atoms with van der Waals surface area (Å²) >= 11 is -2.21. The Morgan fingerprint density at radius 1 is 1.00 bits per heavy atom. The van der Waals surface area contributed by atoms with Crippen LogP contribution in [0.15, 0.2) is 0 Å². The van der Waals surface area contributed by atoms with Gasteiger partial charge in [0.05, 0.1) is 0 Å². The van der Waals surface area contributed by atoms with Crippen LogP contribution >= 0.6 is 23.9 Å². The van der Waals surface area contributed by atoms with E-state index >= 15 is 0 Å². The molecule has 0 spiro atoms. The first kappa shape index (κ1) is 5.86. The van der Waals surface area contributed by atoms with E-state index in [4.69, 9.17) is 23.9 Å². The summed E-state index contributed by atoms with van der Waals surface area (Å²) in [5.74, 6) is 0. The van der Waals surface area contributed by atoms with E-state index in [1.165, 1.54) is 0 Å². The van der Waals surface area contributed by atoms with E-state index in [0.717, 1.165) is 0 Å². The Kier molecular flexibility index (Phi) is 4.48. The number of hydrogen-bond acceptors (Lipinski definition) is 0. The van der Waals surface area contributed by atoms with Crippen molar-refractivity contribution in [3.63, 3.8) is 0 Å². The van der Waals surface area contributed by atoms with E-state index in [-0.39, 0.29) is 0 Å². The first-order valence-corrected chi connectivity index (χ1v) is 13.0. The molecule has 0 aromatic heterocycles. The van der Waals surface area contributed by atoms with Crippen LogP contribution in [-0.4, -0.2) is 0 Å². The summed E-state index contributed by atoms with van der Waals surface area (Å²) in [6, 6.07) is 0. The first-order chi connectivity index (χ1) is 1.73. The van der Waals surface area contributed by atoms with Gasteiger partial charge in [-0.3, -0.25) is 0 Å². The molecule has 0 aliphatic carbocycles. The Morgan fingerprint density at radius 2 is 1.00 bits per heavy atom. The van der Waals surface area contributed by atoms with Gasteiger partial charge in [-0.05, 0) is 0 Å². The van der Waals surface area contributed by atoms with E-state index in [9.17, 15) is 0 Å². The van der Waals surface area contributed by atoms with Crippen molar-refractivity contribution in [3.05, 3.63) is 0 Å². The standard InChI is InChI=1S/3ClH.Pu/h3*1H;/q;;;+3/p-3. The summed E-state index contributed by atoms with van der Waals surface area (Å²) in [7, 11) is 15.0. The molecule has 0 aliphatic rings. The van der Waals surface area contributed by atoms with Gasteiger partial charge in [0, 0.05) is 0 Å². The molecule has 0 heterocycles. The average molecular weight is 350 g/mol. The van der Waals surface area contributed by atoms with Crippen LogP contribution in [0.25, 0.3) is 0 Å². The predicted octanol–water partition coefficient (Wildman–Crippen LogP) is 2.07. The van der Waals surface area contributed by atoms with Gasteiger partial charge in [-0.25, -0.2) is 0 Å². The van der Waals surface area contributed by atoms with Crippen LogP contribution in [-0.2, 0) is 0 Å². The Labute approximate surface area is 43.9 Å². The summed E-state index contributed by atoms with van der Waals surface area (Å²) in [5, 5.41) is 0. The van der Waals surface area contributed by atoms with Crippen LogP contribution in [0.3, 0.4) is 0 Å². The van der Waals surface area contributed by atoms with Gasteiger partial charge in [0.1, 0.15) is 0 Å². The Balaban J connectivity index is 2.32. The SMILES string of the molecule is [Cl][Pu]([Cl])[Cl]. The molecule has 0 aromatic rings. The molecule has 27 valence electrons. The van der Waals surface area contributed by atoms with E-state index in [1.807, 2.05) is 0 Å². The van der Waals surface area contributed by atoms with Crippen molar-refractivity contribution in [1.29, 1.82) is 0 Å². The van der Waals surface area contributed by atoms with Gasteiger partial charge in [-0.2, -0.15) is 0 Å². The zero-order valence-corrected chi connectivity index (χ0v) is 7.21. The van der Waals surface area contributed by atoms with Gasteiger partial charge < -0.3 is 0 Å². The molecular weight excluding hydrogens is 350 g/mol. The third-order valence-electron chi connectivity index (χ3n) is 0. The molecule has 4 heteroatoms. The van der Waals surface area contributed by atoms with Crippen LogP contribution < -0.4 is 0 Å². The maximum absolute atomic E-state index is 5.01. The second kappa shape index (κ2) is 3.06. The normalized spacial score (nSPS) is 6.75. The van der Waals surface area contributed by atoms with Crippen molar-refractivity contribution in [2.24, 2.45) is 0 Å². The first-order valence-electron chi connectivity index (χ1n) is 0.463. The van der Waals surface area contributed by atoms with Gasteiger partial charge in [0.25, 0.3) is 0 Å². The summed E-state index contributed by atoms with van der Waals surface area (Å²) in [6.45, 7) is 0. The second-order valence-electron chi connectivity index (χ2n) is 0.175. The predicted molar refractivity (Wildman–Crippen MR) is 17.6 cm³/mol. The number of hydrogen-bond donors (Lipinski definition) is 0. The summed E-state index contributed by atoms with van der Waals surface area (Å²) in [4.78, 5) is 0. The molecule has 0 fully saturated rings. The number of rotatable bonds is 0. The van der Waals surface area contributed by atoms with E-state index < -0.39 is 20.5 Å². The molecule has 0 aliphatic heterocycles. The van der Waals surface area contributed by atoms with E-state index in [1.54, 1.807) is 0 Å². The van der Waals surface area contributed by atoms with Crippen LogP contribution in [0.4, 0.5) is 0 Å². The molecule has 4 heavy (non-hydrogen) atoms. The fraction of sp³-hybridized carbons (Fsp3) is 0. The molecule has 0 nitrogen and oxygen atoms in total. The third-order valence-corrected chi connectivity index (χ3v) is 0. The minimum atomic E-state index is -2.21. The van der Waals surface area contributed by atoms with Crippen LogP contribution in [0.1, 0.15) is 0 Å². The van der Waals surface area contributed by atoms with Crippen molar-refractivity contribution in [2.75, 3.05) is 0 Å². The zero-order chi connectivity index (χ0) is 3.58. The molecule has 0 unspecified atom stereocenters. The molecule has 0 atom stereocenters. The Bertz CT molecular complexity index is 8.00. The topological polar surface area (TPSA) is 0 Å². The maximum atomic E-state index is 5.01. The van der Waals surface area contributed by atoms with Gasteiger partial charge >= 0.3 is 44.4 Å². The molecule has 0 rings (SSSR count). The molecule has 0 N–H and O–H groups in total. The summed E-state index contributed by atoms with van der Waals surface area (Å²) in [5.41, 5.74) is 0. The summed E-state index contributed by atoms with van der Waals surface area (Å²) in [6.07, 6.45) is 0. The zero-order valence-electron chi connectivity index (χ0n) is 1.54. The van der Waals surface area contributed by atoms with Gasteiger partial charge in [-0.15, -0.1) is 0 Å². The van der Waals surface area contributed by atoms with Crippen LogP contribution in [0, 0.1) is 20.5 Å². The van der Waals surface area contributed by atoms with Crippen molar-refractivity contribution >= 4 is 23.9 Å². The molecule has 0 radical (unpaired) electrons. The molecule has 0 bridgehead atoms. The average Bonchev–Trinajstić information content (AvgIpc) is 0.811. The molecular formula is Cl3Pu. The fourth-order valence-corrected chi connectivity index (χ4v) is 0. The van der Waals surface area contributed by atoms with Gasteiger partial charge in [-0.1, -0.05) is 0 Å². The summed E-state index contributed by atoms with van der Waals surface area (Å²) < 4.78 is 0. The molecule has 0 saturated carbocycles. The van der Waals surface area contributed by atoms with Gasteiger partial charge in [0.15, 0.2) is 0 Å². The minimum absolute atomic E-state index is 2.21. The van der Waals surface area contributed by atoms with Crippen LogP contribution in [0.5, 0.6) is 0 Å². The number of halogens is 3. The van der Waals surface area contributed by atoms with E-state index in [0.29, 0.717) is 0 Å². The third kappa shape index (κ3) is 9.13. The Morgan fingerprint density at radius 3 is 1.00 bits per heavy atom. The fourth-order valence-electron chi connectivity index (χ4n) is 0. The van der Waals surface area contributed by atoms with Crippen LogP contribution in [0.2, 0.25) is 0 Å².